The van der Waals surface area contributed by atoms with Gasteiger partial charge < -0.3 is 15.4 Å². The van der Waals surface area contributed by atoms with Gasteiger partial charge in [-0.05, 0) is 58.4 Å². The molecule has 4 heteroatoms. The molecule has 2 N–H and O–H groups in total. The van der Waals surface area contributed by atoms with Crippen molar-refractivity contribution in [2.45, 2.75) is 45.8 Å². The number of hydrogen-bond donors (Lipinski definition) is 2. The highest BCUT2D eigenvalue weighted by Gasteiger charge is 2.23. The van der Waals surface area contributed by atoms with Crippen molar-refractivity contribution in [3.05, 3.63) is 23.8 Å². The second kappa shape index (κ2) is 5.21. The number of rotatable bonds is 3. The Morgan fingerprint density at radius 1 is 1.37 bits per heavy atom. The number of benzene rings is 1. The summed E-state index contributed by atoms with van der Waals surface area (Å²) in [7, 11) is 0. The molecule has 1 aliphatic rings. The molecule has 0 saturated carbocycles. The first-order valence-electron chi connectivity index (χ1n) is 6.71. The number of ether oxygens (including phenoxy) is 1. The van der Waals surface area contributed by atoms with Crippen molar-refractivity contribution < 1.29 is 9.53 Å². The molecule has 1 aliphatic heterocycles. The molecule has 1 aromatic rings. The van der Waals surface area contributed by atoms with Crippen LogP contribution in [0.1, 0.15) is 33.3 Å². The van der Waals surface area contributed by atoms with Gasteiger partial charge in [-0.15, -0.1) is 0 Å². The van der Waals surface area contributed by atoms with Crippen LogP contribution in [0.25, 0.3) is 0 Å². The van der Waals surface area contributed by atoms with Crippen LogP contribution < -0.4 is 15.4 Å². The standard InChI is InChI=1S/C15H22N2O2/c1-10-14(18)17-12-9-11(5-6-13(12)19-10)7-8-16-15(2,3)4/h5-6,9-10,16H,7-8H2,1-4H3,(H,17,18). The first-order chi connectivity index (χ1) is 8.85. The monoisotopic (exact) mass is 262 g/mol. The second-order valence-electron chi connectivity index (χ2n) is 6.01. The number of fused-ring (bicyclic) bond motifs is 1. The fourth-order valence-corrected chi connectivity index (χ4v) is 1.99. The van der Waals surface area contributed by atoms with E-state index in [4.69, 9.17) is 4.74 Å². The highest BCUT2D eigenvalue weighted by atomic mass is 16.5. The molecular weight excluding hydrogens is 240 g/mol. The van der Waals surface area contributed by atoms with Crippen LogP contribution in [0.2, 0.25) is 0 Å². The van der Waals surface area contributed by atoms with Crippen LogP contribution in [-0.2, 0) is 11.2 Å². The van der Waals surface area contributed by atoms with Crippen molar-refractivity contribution in [1.82, 2.24) is 5.32 Å². The summed E-state index contributed by atoms with van der Waals surface area (Å²) in [6, 6.07) is 5.97. The molecule has 0 spiro atoms. The Morgan fingerprint density at radius 3 is 2.79 bits per heavy atom. The Kier molecular flexibility index (Phi) is 3.80. The van der Waals surface area contributed by atoms with Gasteiger partial charge in [0.2, 0.25) is 0 Å². The van der Waals surface area contributed by atoms with Crippen molar-refractivity contribution in [3.8, 4) is 5.75 Å². The Bertz CT molecular complexity index is 478. The highest BCUT2D eigenvalue weighted by molar-refractivity contribution is 5.97. The Labute approximate surface area is 114 Å². The molecule has 2 rings (SSSR count). The SMILES string of the molecule is CC1Oc2ccc(CCNC(C)(C)C)cc2NC1=O. The van der Waals surface area contributed by atoms with Crippen LogP contribution in [-0.4, -0.2) is 24.1 Å². The van der Waals surface area contributed by atoms with Gasteiger partial charge in [0.05, 0.1) is 5.69 Å². The number of carbonyl (C=O) groups is 1. The summed E-state index contributed by atoms with van der Waals surface area (Å²) in [5.74, 6) is 0.664. The van der Waals surface area contributed by atoms with E-state index in [2.05, 4.69) is 31.4 Å². The molecule has 0 aromatic heterocycles. The van der Waals surface area contributed by atoms with Crippen molar-refractivity contribution in [3.63, 3.8) is 0 Å². The Hall–Kier alpha value is -1.55. The number of amides is 1. The summed E-state index contributed by atoms with van der Waals surface area (Å²) in [6.45, 7) is 9.10. The van der Waals surface area contributed by atoms with E-state index < -0.39 is 6.10 Å². The van der Waals surface area contributed by atoms with E-state index in [1.807, 2.05) is 18.2 Å². The van der Waals surface area contributed by atoms with Gasteiger partial charge in [0.1, 0.15) is 5.75 Å². The van der Waals surface area contributed by atoms with Crippen LogP contribution in [0.15, 0.2) is 18.2 Å². The van der Waals surface area contributed by atoms with E-state index in [0.29, 0.717) is 0 Å². The van der Waals surface area contributed by atoms with Crippen LogP contribution in [0.4, 0.5) is 5.69 Å². The van der Waals surface area contributed by atoms with E-state index in [1.165, 1.54) is 5.56 Å². The number of hydrogen-bond acceptors (Lipinski definition) is 3. The van der Waals surface area contributed by atoms with Gasteiger partial charge in [-0.2, -0.15) is 0 Å². The molecule has 1 aromatic carbocycles. The molecule has 19 heavy (non-hydrogen) atoms. The number of nitrogens with one attached hydrogen (secondary N) is 2. The average Bonchev–Trinajstić information content (AvgIpc) is 2.29. The maximum absolute atomic E-state index is 11.6. The molecule has 0 saturated heterocycles. The molecule has 1 atom stereocenters. The number of carbonyl (C=O) groups excluding carboxylic acids is 1. The first kappa shape index (κ1) is 13.9. The maximum Gasteiger partial charge on any atom is 0.265 e. The minimum absolute atomic E-state index is 0.0857. The normalized spacial score (nSPS) is 18.5. The minimum Gasteiger partial charge on any atom is -0.479 e. The lowest BCUT2D eigenvalue weighted by molar-refractivity contribution is -0.122. The molecule has 0 bridgehead atoms. The van der Waals surface area contributed by atoms with Crippen molar-refractivity contribution in [2.75, 3.05) is 11.9 Å². The summed E-state index contributed by atoms with van der Waals surface area (Å²) < 4.78 is 5.53. The summed E-state index contributed by atoms with van der Waals surface area (Å²) in [4.78, 5) is 11.6. The van der Waals surface area contributed by atoms with Gasteiger partial charge in [-0.3, -0.25) is 4.79 Å². The number of anilines is 1. The average molecular weight is 262 g/mol. The van der Waals surface area contributed by atoms with Crippen LogP contribution in [0.5, 0.6) is 5.75 Å². The van der Waals surface area contributed by atoms with Gasteiger partial charge in [-0.1, -0.05) is 6.07 Å². The molecule has 1 heterocycles. The summed E-state index contributed by atoms with van der Waals surface area (Å²) in [6.07, 6.45) is 0.511. The smallest absolute Gasteiger partial charge is 0.265 e. The second-order valence-corrected chi connectivity index (χ2v) is 6.01. The van der Waals surface area contributed by atoms with Crippen molar-refractivity contribution >= 4 is 11.6 Å². The molecule has 4 nitrogen and oxygen atoms in total. The van der Waals surface area contributed by atoms with E-state index in [9.17, 15) is 4.79 Å². The predicted octanol–water partition coefficient (Wildman–Crippen LogP) is 2.34. The highest BCUT2D eigenvalue weighted by Crippen LogP contribution is 2.30. The summed E-state index contributed by atoms with van der Waals surface area (Å²) in [5.41, 5.74) is 2.09. The minimum atomic E-state index is -0.416. The van der Waals surface area contributed by atoms with Crippen LogP contribution in [0, 0.1) is 0 Å². The molecule has 0 fully saturated rings. The van der Waals surface area contributed by atoms with E-state index >= 15 is 0 Å². The summed E-state index contributed by atoms with van der Waals surface area (Å²) in [5, 5.41) is 6.32. The largest absolute Gasteiger partial charge is 0.479 e. The van der Waals surface area contributed by atoms with Crippen LogP contribution in [0.3, 0.4) is 0 Å². The van der Waals surface area contributed by atoms with Gasteiger partial charge in [0, 0.05) is 5.54 Å². The molecule has 1 amide bonds. The molecule has 0 radical (unpaired) electrons. The lowest BCUT2D eigenvalue weighted by Gasteiger charge is -2.24. The molecule has 104 valence electrons. The van der Waals surface area contributed by atoms with Gasteiger partial charge >= 0.3 is 0 Å². The Morgan fingerprint density at radius 2 is 2.11 bits per heavy atom. The van der Waals surface area contributed by atoms with Gasteiger partial charge in [0.15, 0.2) is 6.10 Å². The van der Waals surface area contributed by atoms with Gasteiger partial charge in [-0.25, -0.2) is 0 Å². The van der Waals surface area contributed by atoms with E-state index in [0.717, 1.165) is 24.4 Å². The zero-order valence-electron chi connectivity index (χ0n) is 12.0. The predicted molar refractivity (Wildman–Crippen MR) is 76.6 cm³/mol. The molecule has 0 aliphatic carbocycles. The van der Waals surface area contributed by atoms with Gasteiger partial charge in [0.25, 0.3) is 5.91 Å². The first-order valence-corrected chi connectivity index (χ1v) is 6.71. The Balaban J connectivity index is 2.01. The third-order valence-electron chi connectivity index (χ3n) is 3.04. The third-order valence-corrected chi connectivity index (χ3v) is 3.04. The third kappa shape index (κ3) is 3.70. The molecule has 1 unspecified atom stereocenters. The fraction of sp³-hybridized carbons (Fsp3) is 0.533. The van der Waals surface area contributed by atoms with E-state index in [1.54, 1.807) is 6.92 Å². The van der Waals surface area contributed by atoms with Crippen molar-refractivity contribution in [1.29, 1.82) is 0 Å². The lowest BCUT2D eigenvalue weighted by Crippen LogP contribution is -2.37. The fourth-order valence-electron chi connectivity index (χ4n) is 1.99. The van der Waals surface area contributed by atoms with E-state index in [-0.39, 0.29) is 11.4 Å². The molecular formula is C15H22N2O2. The van der Waals surface area contributed by atoms with Crippen LogP contribution >= 0.6 is 0 Å². The topological polar surface area (TPSA) is 50.4 Å². The van der Waals surface area contributed by atoms with Crippen molar-refractivity contribution in [2.24, 2.45) is 0 Å². The zero-order chi connectivity index (χ0) is 14.0. The quantitative estimate of drug-likeness (QED) is 0.879. The lowest BCUT2D eigenvalue weighted by atomic mass is 10.1. The summed E-state index contributed by atoms with van der Waals surface area (Å²) >= 11 is 0. The maximum atomic E-state index is 11.6. The zero-order valence-corrected chi connectivity index (χ0v) is 12.0.